The fourth-order valence-corrected chi connectivity index (χ4v) is 9.01. The van der Waals surface area contributed by atoms with Gasteiger partial charge in [0.05, 0.1) is 30.0 Å². The molecule has 60 heavy (non-hydrogen) atoms. The van der Waals surface area contributed by atoms with Gasteiger partial charge in [-0.1, -0.05) is 103 Å². The van der Waals surface area contributed by atoms with E-state index in [4.69, 9.17) is 29.0 Å². The van der Waals surface area contributed by atoms with Gasteiger partial charge >= 0.3 is 7.82 Å². The van der Waals surface area contributed by atoms with Crippen LogP contribution in [-0.4, -0.2) is 92.8 Å². The highest BCUT2D eigenvalue weighted by Gasteiger charge is 2.83. The molecule has 16 nitrogen and oxygen atoms in total. The molecule has 5 rings (SSSR count). The molecule has 7 atom stereocenters. The van der Waals surface area contributed by atoms with Crippen molar-refractivity contribution in [2.24, 2.45) is 4.99 Å². The van der Waals surface area contributed by atoms with Crippen molar-refractivity contribution in [2.75, 3.05) is 32.6 Å². The van der Waals surface area contributed by atoms with Crippen LogP contribution in [0.3, 0.4) is 0 Å². The van der Waals surface area contributed by atoms with Crippen molar-refractivity contribution in [1.29, 1.82) is 10.5 Å². The molecule has 0 amide bonds. The normalized spacial score (nSPS) is 23.6. The number of benzene rings is 1. The predicted molar refractivity (Wildman–Crippen MR) is 225 cm³/mol. The summed E-state index contributed by atoms with van der Waals surface area (Å²) in [6.07, 6.45) is 17.1. The number of ether oxygens (including phenoxy) is 3. The number of rotatable bonds is 28. The number of unbranched alkanes of at least 4 members (excludes halogenated alkanes) is 15. The lowest BCUT2D eigenvalue weighted by Crippen LogP contribution is -2.49. The lowest BCUT2D eigenvalue weighted by atomic mass is 9.90. The van der Waals surface area contributed by atoms with Crippen molar-refractivity contribution in [1.82, 2.24) is 14.6 Å². The third-order valence-electron chi connectivity index (χ3n) is 11.3. The molecule has 0 bridgehead atoms. The molecule has 1 aromatic carbocycles. The summed E-state index contributed by atoms with van der Waals surface area (Å²) in [6, 6.07) is 10.5. The van der Waals surface area contributed by atoms with Crippen molar-refractivity contribution in [3.63, 3.8) is 0 Å². The van der Waals surface area contributed by atoms with Crippen LogP contribution >= 0.6 is 7.82 Å². The molecule has 1 aliphatic heterocycles. The smallest absolute Gasteiger partial charge is 0.472 e. The number of phosphoric acid groups is 1. The number of hydrogen-bond acceptors (Lipinski definition) is 14. The summed E-state index contributed by atoms with van der Waals surface area (Å²) in [7, 11) is -3.48. The Labute approximate surface area is 353 Å². The van der Waals surface area contributed by atoms with Crippen LogP contribution in [0.15, 0.2) is 35.6 Å². The zero-order chi connectivity index (χ0) is 43.2. The van der Waals surface area contributed by atoms with Crippen LogP contribution in [0.4, 0.5) is 5.82 Å². The van der Waals surface area contributed by atoms with Crippen LogP contribution in [0.2, 0.25) is 0 Å². The molecule has 1 aliphatic carbocycles. The molecule has 3 aromatic rings. The van der Waals surface area contributed by atoms with Crippen LogP contribution < -0.4 is 10.5 Å². The number of aryl methyl sites for hydroxylation is 1. The number of anilines is 1. The number of aliphatic hydroxyl groups is 2. The molecule has 2 fully saturated rings. The Bertz CT molecular complexity index is 1980. The Morgan fingerprint density at radius 2 is 1.57 bits per heavy atom. The minimum absolute atomic E-state index is 0.000295. The molecule has 0 radical (unpaired) electrons. The maximum Gasteiger partial charge on any atom is 0.472 e. The second-order valence-electron chi connectivity index (χ2n) is 16.0. The molecule has 2 aromatic heterocycles. The fraction of sp³-hybridized carbons (Fsp3) is 0.651. The van der Waals surface area contributed by atoms with Gasteiger partial charge in [0.2, 0.25) is 0 Å². The van der Waals surface area contributed by atoms with E-state index in [9.17, 15) is 30.2 Å². The van der Waals surface area contributed by atoms with E-state index in [1.54, 1.807) is 31.2 Å². The molecule has 1 unspecified atom stereocenters. The van der Waals surface area contributed by atoms with Gasteiger partial charge in [-0.3, -0.25) is 14.0 Å². The number of nitriles is 2. The first-order chi connectivity index (χ1) is 29.0. The van der Waals surface area contributed by atoms with E-state index in [1.807, 2.05) is 12.1 Å². The summed E-state index contributed by atoms with van der Waals surface area (Å²) in [5.41, 5.74) is 3.79. The molecule has 2 aliphatic rings. The third-order valence-corrected chi connectivity index (χ3v) is 12.3. The summed E-state index contributed by atoms with van der Waals surface area (Å²) in [5.74, 6) is 0.180. The van der Waals surface area contributed by atoms with E-state index >= 15 is 0 Å². The molecule has 328 valence electrons. The van der Waals surface area contributed by atoms with Crippen molar-refractivity contribution < 1.29 is 42.9 Å². The molecule has 1 saturated heterocycles. The number of nitrogens with two attached hydrogens (primary N) is 1. The van der Waals surface area contributed by atoms with Crippen molar-refractivity contribution in [3.05, 3.63) is 53.0 Å². The van der Waals surface area contributed by atoms with E-state index in [0.717, 1.165) is 19.3 Å². The molecular formula is C43H62N7O9P. The van der Waals surface area contributed by atoms with Gasteiger partial charge in [0, 0.05) is 19.9 Å². The molecule has 1 saturated carbocycles. The largest absolute Gasteiger partial charge is 0.483 e. The number of fused-ring (bicyclic) bond motifs is 2. The van der Waals surface area contributed by atoms with E-state index in [-0.39, 0.29) is 35.0 Å². The molecule has 5 N–H and O–H groups in total. The van der Waals surface area contributed by atoms with Gasteiger partial charge in [0.25, 0.3) is 0 Å². The average molecular weight is 852 g/mol. The van der Waals surface area contributed by atoms with Gasteiger partial charge in [0.15, 0.2) is 22.8 Å². The standard InChI is InChI=1S/C43H62N7O9P/c1-4-5-6-7-8-9-10-11-12-13-14-15-16-17-18-19-22-55-27-34(57-37-32(25-44)23-31(2)24-33(37)26-45)28-56-60(53,54)59-39-38-43(39,52)41(51)42(58-38,29-47-3)36-21-20-35-40(46)48-30-49-50(35)36/h20-21,23-24,29-30,34,38-39,41,51-52H,4-19,22,27-28H2,1-3H3,(H,53,54)(H2,46,48,49)/t34-,38-,39+,41+,42+,43+/m1/s1. The summed E-state index contributed by atoms with van der Waals surface area (Å²) >= 11 is 0. The van der Waals surface area contributed by atoms with Gasteiger partial charge < -0.3 is 35.1 Å². The number of aliphatic imine (C=N–C) groups is 1. The van der Waals surface area contributed by atoms with Crippen molar-refractivity contribution in [2.45, 2.75) is 152 Å². The van der Waals surface area contributed by atoms with E-state index in [2.05, 4.69) is 22.0 Å². The van der Waals surface area contributed by atoms with Gasteiger partial charge in [-0.2, -0.15) is 15.6 Å². The maximum atomic E-state index is 13.4. The predicted octanol–water partition coefficient (Wildman–Crippen LogP) is 6.99. The minimum Gasteiger partial charge on any atom is -0.483 e. The van der Waals surface area contributed by atoms with Gasteiger partial charge in [-0.05, 0) is 43.2 Å². The molecule has 0 spiro atoms. The highest BCUT2D eigenvalue weighted by Crippen LogP contribution is 2.63. The molecule has 17 heteroatoms. The van der Waals surface area contributed by atoms with Gasteiger partial charge in [0.1, 0.15) is 48.4 Å². The number of aliphatic hydroxyl groups excluding tert-OH is 1. The Morgan fingerprint density at radius 1 is 0.983 bits per heavy atom. The third kappa shape index (κ3) is 11.5. The summed E-state index contributed by atoms with van der Waals surface area (Å²) in [4.78, 5) is 18.9. The Kier molecular flexibility index (Phi) is 17.4. The second kappa shape index (κ2) is 22.2. The Balaban J connectivity index is 1.10. The number of hydrogen-bond donors (Lipinski definition) is 4. The van der Waals surface area contributed by atoms with Crippen LogP contribution in [0.1, 0.15) is 132 Å². The lowest BCUT2D eigenvalue weighted by Gasteiger charge is -2.32. The highest BCUT2D eigenvalue weighted by molar-refractivity contribution is 7.47. The fourth-order valence-electron chi connectivity index (χ4n) is 8.03. The number of nitrogens with zero attached hydrogens (tertiary/aromatic N) is 6. The first-order valence-corrected chi connectivity index (χ1v) is 22.9. The van der Waals surface area contributed by atoms with Crippen LogP contribution in [0.5, 0.6) is 5.75 Å². The van der Waals surface area contributed by atoms with Crippen LogP contribution in [0.25, 0.3) is 5.52 Å². The van der Waals surface area contributed by atoms with Crippen LogP contribution in [0, 0.1) is 29.6 Å². The monoisotopic (exact) mass is 851 g/mol. The Hall–Kier alpha value is -3.96. The first kappa shape index (κ1) is 47.1. The number of nitrogen functional groups attached to an aromatic ring is 1. The maximum absolute atomic E-state index is 13.4. The summed E-state index contributed by atoms with van der Waals surface area (Å²) < 4.78 is 43.7. The van der Waals surface area contributed by atoms with Gasteiger partial charge in [-0.25, -0.2) is 14.1 Å². The zero-order valence-electron chi connectivity index (χ0n) is 35.2. The van der Waals surface area contributed by atoms with E-state index in [1.165, 1.54) is 108 Å². The lowest BCUT2D eigenvalue weighted by molar-refractivity contribution is -0.0971. The topological polar surface area (TPSA) is 240 Å². The summed E-state index contributed by atoms with van der Waals surface area (Å²) in [6.45, 7) is 3.78. The van der Waals surface area contributed by atoms with E-state index < -0.39 is 50.0 Å². The quantitative estimate of drug-likeness (QED) is 0.0327. The summed E-state index contributed by atoms with van der Waals surface area (Å²) in [5, 5.41) is 47.0. The highest BCUT2D eigenvalue weighted by atomic mass is 31.2. The Morgan fingerprint density at radius 3 is 2.10 bits per heavy atom. The SMILES string of the molecule is CCCCCCCCCCCCCCCCCCOC[C@H](COP(=O)(O)O[C@H]1[C@H]2O[C@@](C=NC)(c3ccc4c(N)ncnn34)[C@H](O)[C@]21O)Oc1c(C#N)cc(C)cc1C#N. The first-order valence-electron chi connectivity index (χ1n) is 21.4. The van der Waals surface area contributed by atoms with Crippen molar-refractivity contribution >= 4 is 25.4 Å². The van der Waals surface area contributed by atoms with Gasteiger partial charge in [-0.15, -0.1) is 0 Å². The second-order valence-corrected chi connectivity index (χ2v) is 17.4. The number of aromatic nitrogens is 3. The molecular weight excluding hydrogens is 789 g/mol. The number of phosphoric ester groups is 1. The molecule has 3 heterocycles. The minimum atomic E-state index is -4.95. The average Bonchev–Trinajstić information content (AvgIpc) is 3.46. The zero-order valence-corrected chi connectivity index (χ0v) is 36.1. The van der Waals surface area contributed by atoms with E-state index in [0.29, 0.717) is 17.7 Å². The van der Waals surface area contributed by atoms with Crippen molar-refractivity contribution in [3.8, 4) is 17.9 Å². The van der Waals surface area contributed by atoms with Crippen LogP contribution in [-0.2, 0) is 28.7 Å².